The van der Waals surface area contributed by atoms with E-state index in [0.717, 1.165) is 12.0 Å². The summed E-state index contributed by atoms with van der Waals surface area (Å²) < 4.78 is 0. The van der Waals surface area contributed by atoms with Gasteiger partial charge >= 0.3 is 6.03 Å². The van der Waals surface area contributed by atoms with Crippen molar-refractivity contribution in [2.75, 3.05) is 9.80 Å². The van der Waals surface area contributed by atoms with E-state index in [4.69, 9.17) is 11.6 Å². The summed E-state index contributed by atoms with van der Waals surface area (Å²) in [6.07, 6.45) is 2.34. The van der Waals surface area contributed by atoms with Crippen LogP contribution in [0.25, 0.3) is 0 Å². The fourth-order valence-corrected chi connectivity index (χ4v) is 3.62. The van der Waals surface area contributed by atoms with Gasteiger partial charge < -0.3 is 0 Å². The number of anilines is 2. The van der Waals surface area contributed by atoms with E-state index in [9.17, 15) is 9.59 Å². The van der Waals surface area contributed by atoms with Crippen LogP contribution < -0.4 is 9.80 Å². The van der Waals surface area contributed by atoms with E-state index in [0.29, 0.717) is 29.2 Å². The molecule has 0 aromatic heterocycles. The number of aryl methyl sites for hydroxylation is 1. The lowest BCUT2D eigenvalue weighted by Crippen LogP contribution is -2.55. The van der Waals surface area contributed by atoms with E-state index in [1.807, 2.05) is 31.2 Å². The zero-order chi connectivity index (χ0) is 16.9. The first-order chi connectivity index (χ1) is 11.5. The van der Waals surface area contributed by atoms with E-state index < -0.39 is 5.54 Å². The number of hydrogen-bond donors (Lipinski definition) is 0. The maximum atomic E-state index is 13.1. The average molecular weight is 341 g/mol. The van der Waals surface area contributed by atoms with Crippen LogP contribution in [0.15, 0.2) is 48.5 Å². The summed E-state index contributed by atoms with van der Waals surface area (Å²) in [5, 5.41) is 0.606. The molecule has 2 aromatic rings. The third-order valence-corrected chi connectivity index (χ3v) is 5.22. The van der Waals surface area contributed by atoms with Gasteiger partial charge in [-0.25, -0.2) is 9.69 Å². The summed E-state index contributed by atoms with van der Waals surface area (Å²) in [5.74, 6) is -0.127. The van der Waals surface area contributed by atoms with Crippen molar-refractivity contribution in [3.05, 3.63) is 59.1 Å². The summed E-state index contributed by atoms with van der Waals surface area (Å²) >= 11 is 5.96. The van der Waals surface area contributed by atoms with Gasteiger partial charge in [0.15, 0.2) is 0 Å². The number of amides is 3. The minimum Gasteiger partial charge on any atom is -0.278 e. The van der Waals surface area contributed by atoms with Crippen molar-refractivity contribution in [2.24, 2.45) is 0 Å². The van der Waals surface area contributed by atoms with Gasteiger partial charge in [-0.1, -0.05) is 29.3 Å². The highest BCUT2D eigenvalue weighted by Gasteiger charge is 2.61. The third-order valence-electron chi connectivity index (χ3n) is 4.97. The molecule has 1 spiro atoms. The molecule has 1 saturated carbocycles. The Morgan fingerprint density at radius 1 is 0.917 bits per heavy atom. The van der Waals surface area contributed by atoms with Crippen LogP contribution in [0.1, 0.15) is 24.8 Å². The number of imide groups is 1. The molecule has 3 amide bonds. The van der Waals surface area contributed by atoms with Crippen LogP contribution >= 0.6 is 11.6 Å². The second-order valence-electron chi connectivity index (χ2n) is 6.46. The maximum Gasteiger partial charge on any atom is 0.336 e. The van der Waals surface area contributed by atoms with Crippen LogP contribution in [0.4, 0.5) is 16.2 Å². The molecule has 0 radical (unpaired) electrons. The van der Waals surface area contributed by atoms with E-state index in [1.54, 1.807) is 29.2 Å². The molecule has 2 fully saturated rings. The molecule has 2 aromatic carbocycles. The second-order valence-corrected chi connectivity index (χ2v) is 6.89. The first kappa shape index (κ1) is 15.2. The molecule has 0 unspecified atom stereocenters. The Morgan fingerprint density at radius 2 is 1.50 bits per heavy atom. The molecule has 122 valence electrons. The molecule has 0 bridgehead atoms. The van der Waals surface area contributed by atoms with Gasteiger partial charge in [0.2, 0.25) is 0 Å². The summed E-state index contributed by atoms with van der Waals surface area (Å²) in [7, 11) is 0. The normalized spacial score (nSPS) is 19.1. The lowest BCUT2D eigenvalue weighted by atomic mass is 9.75. The van der Waals surface area contributed by atoms with Crippen molar-refractivity contribution in [1.82, 2.24) is 0 Å². The molecule has 1 aliphatic carbocycles. The smallest absolute Gasteiger partial charge is 0.278 e. The van der Waals surface area contributed by atoms with Gasteiger partial charge in [0.1, 0.15) is 5.54 Å². The fourth-order valence-electron chi connectivity index (χ4n) is 3.49. The standard InChI is InChI=1S/C19H17ClN2O2/c1-13-3-7-15(8-4-13)21-17(23)19(11-2-12-19)22(18(21)24)16-9-5-14(20)6-10-16/h3-10H,2,11-12H2,1H3. The molecule has 0 atom stereocenters. The molecule has 1 aliphatic heterocycles. The Labute approximate surface area is 145 Å². The first-order valence-corrected chi connectivity index (χ1v) is 8.42. The van der Waals surface area contributed by atoms with Crippen molar-refractivity contribution in [3.63, 3.8) is 0 Å². The van der Waals surface area contributed by atoms with Crippen molar-refractivity contribution in [1.29, 1.82) is 0 Å². The van der Waals surface area contributed by atoms with Crippen LogP contribution in [0.5, 0.6) is 0 Å². The summed E-state index contributed by atoms with van der Waals surface area (Å²) in [6.45, 7) is 1.98. The predicted molar refractivity (Wildman–Crippen MR) is 94.6 cm³/mol. The maximum absolute atomic E-state index is 13.1. The number of hydrogen-bond acceptors (Lipinski definition) is 2. The van der Waals surface area contributed by atoms with E-state index >= 15 is 0 Å². The van der Waals surface area contributed by atoms with Crippen LogP contribution in [0.3, 0.4) is 0 Å². The van der Waals surface area contributed by atoms with E-state index in [1.165, 1.54) is 4.90 Å². The highest BCUT2D eigenvalue weighted by atomic mass is 35.5. The number of benzene rings is 2. The van der Waals surface area contributed by atoms with Gasteiger partial charge in [0.05, 0.1) is 5.69 Å². The minimum absolute atomic E-state index is 0.127. The Morgan fingerprint density at radius 3 is 2.04 bits per heavy atom. The molecule has 4 nitrogen and oxygen atoms in total. The van der Waals surface area contributed by atoms with Crippen LogP contribution in [0, 0.1) is 6.92 Å². The largest absolute Gasteiger partial charge is 0.336 e. The summed E-state index contributed by atoms with van der Waals surface area (Å²) in [5.41, 5.74) is 1.69. The quantitative estimate of drug-likeness (QED) is 0.753. The van der Waals surface area contributed by atoms with Gasteiger partial charge in [0, 0.05) is 10.7 Å². The topological polar surface area (TPSA) is 40.6 Å². The minimum atomic E-state index is -0.740. The Kier molecular flexibility index (Phi) is 3.39. The highest BCUT2D eigenvalue weighted by Crippen LogP contribution is 2.47. The predicted octanol–water partition coefficient (Wildman–Crippen LogP) is 4.54. The van der Waals surface area contributed by atoms with Crippen LogP contribution in [0.2, 0.25) is 5.02 Å². The monoisotopic (exact) mass is 340 g/mol. The third kappa shape index (κ3) is 2.06. The molecule has 0 N–H and O–H groups in total. The van der Waals surface area contributed by atoms with Gasteiger partial charge in [-0.2, -0.15) is 0 Å². The van der Waals surface area contributed by atoms with Gasteiger partial charge in [0.25, 0.3) is 5.91 Å². The Bertz CT molecular complexity index is 810. The molecule has 5 heteroatoms. The Hall–Kier alpha value is -2.33. The van der Waals surface area contributed by atoms with Crippen LogP contribution in [-0.4, -0.2) is 17.5 Å². The number of halogens is 1. The molecule has 1 saturated heterocycles. The molecule has 24 heavy (non-hydrogen) atoms. The SMILES string of the molecule is Cc1ccc(N2C(=O)N(c3ccc(Cl)cc3)C3(CCC3)C2=O)cc1. The lowest BCUT2D eigenvalue weighted by Gasteiger charge is -2.42. The molecular formula is C19H17ClN2O2. The lowest BCUT2D eigenvalue weighted by molar-refractivity contribution is -0.123. The zero-order valence-corrected chi connectivity index (χ0v) is 14.1. The molecule has 4 rings (SSSR count). The van der Waals surface area contributed by atoms with Crippen molar-refractivity contribution in [3.8, 4) is 0 Å². The number of nitrogens with zero attached hydrogens (tertiary/aromatic N) is 2. The zero-order valence-electron chi connectivity index (χ0n) is 13.3. The first-order valence-electron chi connectivity index (χ1n) is 8.04. The van der Waals surface area contributed by atoms with Gasteiger partial charge in [-0.05, 0) is 62.6 Å². The van der Waals surface area contributed by atoms with Crippen molar-refractivity contribution >= 4 is 34.9 Å². The van der Waals surface area contributed by atoms with E-state index in [-0.39, 0.29) is 11.9 Å². The van der Waals surface area contributed by atoms with Gasteiger partial charge in [-0.15, -0.1) is 0 Å². The second kappa shape index (κ2) is 5.35. The number of carbonyl (C=O) groups excluding carboxylic acids is 2. The van der Waals surface area contributed by atoms with Gasteiger partial charge in [-0.3, -0.25) is 9.69 Å². The molecular weight excluding hydrogens is 324 g/mol. The number of rotatable bonds is 2. The van der Waals surface area contributed by atoms with Crippen LogP contribution in [-0.2, 0) is 4.79 Å². The number of carbonyl (C=O) groups is 2. The fraction of sp³-hybridized carbons (Fsp3) is 0.263. The Balaban J connectivity index is 1.79. The summed E-state index contributed by atoms with van der Waals surface area (Å²) in [6, 6.07) is 14.3. The van der Waals surface area contributed by atoms with E-state index in [2.05, 4.69) is 0 Å². The average Bonchev–Trinajstić information content (AvgIpc) is 2.77. The summed E-state index contributed by atoms with van der Waals surface area (Å²) in [4.78, 5) is 29.1. The number of urea groups is 1. The van der Waals surface area contributed by atoms with Crippen molar-refractivity contribution < 1.29 is 9.59 Å². The molecule has 1 heterocycles. The van der Waals surface area contributed by atoms with Crippen molar-refractivity contribution in [2.45, 2.75) is 31.7 Å². The highest BCUT2D eigenvalue weighted by molar-refractivity contribution is 6.32. The molecule has 2 aliphatic rings.